The van der Waals surface area contributed by atoms with Gasteiger partial charge in [-0.25, -0.2) is 0 Å². The van der Waals surface area contributed by atoms with E-state index in [4.69, 9.17) is 0 Å². The SMILES string of the molecule is O=[N+]([O-])c1ccc(CCNCc2ccc(O)c(O)c2)cc1. The minimum Gasteiger partial charge on any atom is -0.504 e. The molecule has 0 saturated heterocycles. The van der Waals surface area contributed by atoms with Crippen molar-refractivity contribution in [2.45, 2.75) is 13.0 Å². The fourth-order valence-corrected chi connectivity index (χ4v) is 1.93. The molecule has 2 aromatic carbocycles. The number of nitrogens with zero attached hydrogens (tertiary/aromatic N) is 1. The molecule has 0 aliphatic carbocycles. The Kier molecular flexibility index (Phi) is 4.73. The van der Waals surface area contributed by atoms with Crippen LogP contribution in [0, 0.1) is 10.1 Å². The van der Waals surface area contributed by atoms with Crippen LogP contribution in [0.4, 0.5) is 5.69 Å². The van der Waals surface area contributed by atoms with E-state index in [2.05, 4.69) is 5.32 Å². The molecule has 0 radical (unpaired) electrons. The summed E-state index contributed by atoms with van der Waals surface area (Å²) >= 11 is 0. The van der Waals surface area contributed by atoms with Crippen LogP contribution in [0.15, 0.2) is 42.5 Å². The molecular formula is C15H16N2O4. The zero-order valence-electron chi connectivity index (χ0n) is 11.3. The van der Waals surface area contributed by atoms with E-state index in [0.717, 1.165) is 17.5 Å². The number of phenolic OH excluding ortho intramolecular Hbond substituents is 2. The highest BCUT2D eigenvalue weighted by atomic mass is 16.6. The van der Waals surface area contributed by atoms with Gasteiger partial charge in [-0.05, 0) is 36.2 Å². The second kappa shape index (κ2) is 6.71. The molecular weight excluding hydrogens is 272 g/mol. The van der Waals surface area contributed by atoms with Gasteiger partial charge in [-0.15, -0.1) is 0 Å². The van der Waals surface area contributed by atoms with Crippen molar-refractivity contribution >= 4 is 5.69 Å². The first-order chi connectivity index (χ1) is 10.1. The van der Waals surface area contributed by atoms with Crippen molar-refractivity contribution in [2.24, 2.45) is 0 Å². The average Bonchev–Trinajstić information content (AvgIpc) is 2.47. The number of nitrogens with one attached hydrogen (secondary N) is 1. The number of hydrogen-bond donors (Lipinski definition) is 3. The minimum atomic E-state index is -0.417. The van der Waals surface area contributed by atoms with E-state index in [1.807, 2.05) is 0 Å². The third-order valence-corrected chi connectivity index (χ3v) is 3.11. The second-order valence-electron chi connectivity index (χ2n) is 4.67. The van der Waals surface area contributed by atoms with Gasteiger partial charge in [0.05, 0.1) is 4.92 Å². The van der Waals surface area contributed by atoms with Gasteiger partial charge in [-0.3, -0.25) is 10.1 Å². The first kappa shape index (κ1) is 14.8. The molecule has 0 spiro atoms. The van der Waals surface area contributed by atoms with Crippen LogP contribution < -0.4 is 5.32 Å². The zero-order chi connectivity index (χ0) is 15.2. The van der Waals surface area contributed by atoms with Gasteiger partial charge >= 0.3 is 0 Å². The lowest BCUT2D eigenvalue weighted by Crippen LogP contribution is -2.16. The Hall–Kier alpha value is -2.60. The molecule has 110 valence electrons. The molecule has 0 bridgehead atoms. The number of rotatable bonds is 6. The van der Waals surface area contributed by atoms with Crippen molar-refractivity contribution in [3.8, 4) is 11.5 Å². The standard InChI is InChI=1S/C15H16N2O4/c18-14-6-3-12(9-15(14)19)10-16-8-7-11-1-4-13(5-2-11)17(20)21/h1-6,9,16,18-19H,7-8,10H2. The summed E-state index contributed by atoms with van der Waals surface area (Å²) < 4.78 is 0. The van der Waals surface area contributed by atoms with Crippen LogP contribution in [0.1, 0.15) is 11.1 Å². The Bertz CT molecular complexity index is 626. The van der Waals surface area contributed by atoms with Gasteiger partial charge < -0.3 is 15.5 Å². The largest absolute Gasteiger partial charge is 0.504 e. The molecule has 3 N–H and O–H groups in total. The topological polar surface area (TPSA) is 95.6 Å². The van der Waals surface area contributed by atoms with Gasteiger partial charge in [-0.2, -0.15) is 0 Å². The summed E-state index contributed by atoms with van der Waals surface area (Å²) in [6.45, 7) is 1.28. The van der Waals surface area contributed by atoms with Gasteiger partial charge in [-0.1, -0.05) is 18.2 Å². The first-order valence-corrected chi connectivity index (χ1v) is 6.51. The van der Waals surface area contributed by atoms with Gasteiger partial charge in [0, 0.05) is 18.7 Å². The Morgan fingerprint density at radius 2 is 1.67 bits per heavy atom. The molecule has 2 aromatic rings. The molecule has 0 heterocycles. The second-order valence-corrected chi connectivity index (χ2v) is 4.67. The van der Waals surface area contributed by atoms with Crippen molar-refractivity contribution in [1.29, 1.82) is 0 Å². The Labute approximate surface area is 121 Å². The number of nitro groups is 1. The summed E-state index contributed by atoms with van der Waals surface area (Å²) in [6, 6.07) is 11.2. The van der Waals surface area contributed by atoms with Crippen molar-refractivity contribution in [3.05, 3.63) is 63.7 Å². The molecule has 21 heavy (non-hydrogen) atoms. The number of non-ortho nitro benzene ring substituents is 1. The van der Waals surface area contributed by atoms with Crippen molar-refractivity contribution < 1.29 is 15.1 Å². The van der Waals surface area contributed by atoms with Crippen LogP contribution >= 0.6 is 0 Å². The molecule has 0 aromatic heterocycles. The Balaban J connectivity index is 1.79. The lowest BCUT2D eigenvalue weighted by molar-refractivity contribution is -0.384. The minimum absolute atomic E-state index is 0.0891. The number of aromatic hydroxyl groups is 2. The summed E-state index contributed by atoms with van der Waals surface area (Å²) in [6.07, 6.45) is 0.752. The smallest absolute Gasteiger partial charge is 0.269 e. The van der Waals surface area contributed by atoms with Crippen LogP contribution in [0.3, 0.4) is 0 Å². The maximum absolute atomic E-state index is 10.5. The maximum atomic E-state index is 10.5. The summed E-state index contributed by atoms with van der Waals surface area (Å²) in [7, 11) is 0. The number of benzene rings is 2. The molecule has 0 fully saturated rings. The molecule has 0 unspecified atom stereocenters. The number of nitro benzene ring substituents is 1. The quantitative estimate of drug-likeness (QED) is 0.328. The van der Waals surface area contributed by atoms with Gasteiger partial charge in [0.2, 0.25) is 0 Å². The summed E-state index contributed by atoms with van der Waals surface area (Å²) in [5.74, 6) is -0.269. The van der Waals surface area contributed by atoms with Crippen LogP contribution in [-0.4, -0.2) is 21.7 Å². The van der Waals surface area contributed by atoms with E-state index in [9.17, 15) is 20.3 Å². The summed E-state index contributed by atoms with van der Waals surface area (Å²) in [4.78, 5) is 10.1. The third kappa shape index (κ3) is 4.19. The lowest BCUT2D eigenvalue weighted by atomic mass is 10.1. The van der Waals surface area contributed by atoms with Crippen molar-refractivity contribution in [2.75, 3.05) is 6.54 Å². The lowest BCUT2D eigenvalue weighted by Gasteiger charge is -2.06. The summed E-state index contributed by atoms with van der Waals surface area (Å²) in [5.41, 5.74) is 1.97. The van der Waals surface area contributed by atoms with E-state index in [1.54, 1.807) is 18.2 Å². The molecule has 0 saturated carbocycles. The third-order valence-electron chi connectivity index (χ3n) is 3.11. The number of phenols is 2. The maximum Gasteiger partial charge on any atom is 0.269 e. The van der Waals surface area contributed by atoms with Gasteiger partial charge in [0.15, 0.2) is 11.5 Å². The fraction of sp³-hybridized carbons (Fsp3) is 0.200. The Morgan fingerprint density at radius 1 is 1.00 bits per heavy atom. The van der Waals surface area contributed by atoms with E-state index in [0.29, 0.717) is 13.1 Å². The molecule has 0 amide bonds. The van der Waals surface area contributed by atoms with E-state index in [1.165, 1.54) is 24.3 Å². The van der Waals surface area contributed by atoms with E-state index in [-0.39, 0.29) is 17.2 Å². The molecule has 6 heteroatoms. The average molecular weight is 288 g/mol. The monoisotopic (exact) mass is 288 g/mol. The van der Waals surface area contributed by atoms with Gasteiger partial charge in [0.1, 0.15) is 0 Å². The van der Waals surface area contributed by atoms with Crippen LogP contribution in [0.25, 0.3) is 0 Å². The Morgan fingerprint density at radius 3 is 2.29 bits per heavy atom. The van der Waals surface area contributed by atoms with E-state index < -0.39 is 4.92 Å². The van der Waals surface area contributed by atoms with Gasteiger partial charge in [0.25, 0.3) is 5.69 Å². The highest BCUT2D eigenvalue weighted by Crippen LogP contribution is 2.24. The first-order valence-electron chi connectivity index (χ1n) is 6.51. The van der Waals surface area contributed by atoms with Crippen LogP contribution in [-0.2, 0) is 13.0 Å². The fourth-order valence-electron chi connectivity index (χ4n) is 1.93. The van der Waals surface area contributed by atoms with Crippen LogP contribution in [0.2, 0.25) is 0 Å². The predicted molar refractivity (Wildman–Crippen MR) is 78.3 cm³/mol. The molecule has 2 rings (SSSR count). The van der Waals surface area contributed by atoms with E-state index >= 15 is 0 Å². The molecule has 0 aliphatic heterocycles. The highest BCUT2D eigenvalue weighted by Gasteiger charge is 2.04. The number of hydrogen-bond acceptors (Lipinski definition) is 5. The zero-order valence-corrected chi connectivity index (χ0v) is 11.3. The molecule has 0 atom stereocenters. The highest BCUT2D eigenvalue weighted by molar-refractivity contribution is 5.40. The van der Waals surface area contributed by atoms with Crippen LogP contribution in [0.5, 0.6) is 11.5 Å². The molecule has 0 aliphatic rings. The predicted octanol–water partition coefficient (Wildman–Crippen LogP) is 2.34. The summed E-state index contributed by atoms with van der Waals surface area (Å²) in [5, 5.41) is 32.3. The normalized spacial score (nSPS) is 10.5. The molecule has 6 nitrogen and oxygen atoms in total. The van der Waals surface area contributed by atoms with Crippen molar-refractivity contribution in [3.63, 3.8) is 0 Å². The van der Waals surface area contributed by atoms with Crippen molar-refractivity contribution in [1.82, 2.24) is 5.32 Å².